The fourth-order valence-electron chi connectivity index (χ4n) is 2.04. The Bertz CT molecular complexity index is 381. The number of amides is 1. The summed E-state index contributed by atoms with van der Waals surface area (Å²) >= 11 is 0. The first-order chi connectivity index (χ1) is 8.63. The van der Waals surface area contributed by atoms with Crippen molar-refractivity contribution >= 4 is 5.91 Å². The van der Waals surface area contributed by atoms with Gasteiger partial charge >= 0.3 is 0 Å². The van der Waals surface area contributed by atoms with Crippen molar-refractivity contribution < 1.29 is 9.90 Å². The Hall–Kier alpha value is -1.12. The summed E-state index contributed by atoms with van der Waals surface area (Å²) in [7, 11) is 0. The molecular formula is C14H25N3O2. The number of carbonyl (C=O) groups is 1. The van der Waals surface area contributed by atoms with Gasteiger partial charge in [0.05, 0.1) is 18.2 Å². The fraction of sp³-hybridized carbons (Fsp3) is 0.857. The van der Waals surface area contributed by atoms with Crippen LogP contribution >= 0.6 is 0 Å². The minimum absolute atomic E-state index is 0.0467. The Morgan fingerprint density at radius 1 is 1.47 bits per heavy atom. The Kier molecular flexibility index (Phi) is 4.59. The van der Waals surface area contributed by atoms with Gasteiger partial charge < -0.3 is 10.4 Å². The van der Waals surface area contributed by atoms with Crippen LogP contribution < -0.4 is 5.32 Å². The number of hydrogen-bond donors (Lipinski definition) is 2. The van der Waals surface area contributed by atoms with Crippen LogP contribution in [0.2, 0.25) is 0 Å². The lowest BCUT2D eigenvalue weighted by atomic mass is 9.83. The molecule has 1 unspecified atom stereocenters. The van der Waals surface area contributed by atoms with Crippen LogP contribution in [0.4, 0.5) is 0 Å². The van der Waals surface area contributed by atoms with Gasteiger partial charge in [0, 0.05) is 13.1 Å². The second-order valence-electron chi connectivity index (χ2n) is 6.42. The van der Waals surface area contributed by atoms with Crippen LogP contribution in [0.25, 0.3) is 0 Å². The molecule has 1 fully saturated rings. The van der Waals surface area contributed by atoms with Gasteiger partial charge in [-0.25, -0.2) is 0 Å². The molecule has 108 valence electrons. The van der Waals surface area contributed by atoms with E-state index in [9.17, 15) is 9.90 Å². The molecule has 0 saturated carbocycles. The van der Waals surface area contributed by atoms with Gasteiger partial charge in [-0.2, -0.15) is 5.26 Å². The van der Waals surface area contributed by atoms with Gasteiger partial charge in [0.2, 0.25) is 5.91 Å². The van der Waals surface area contributed by atoms with E-state index in [4.69, 9.17) is 5.26 Å². The number of nitrogens with zero attached hydrogens (tertiary/aromatic N) is 2. The molecule has 1 saturated heterocycles. The molecule has 19 heavy (non-hydrogen) atoms. The summed E-state index contributed by atoms with van der Waals surface area (Å²) < 4.78 is 0. The van der Waals surface area contributed by atoms with Crippen molar-refractivity contribution in [3.05, 3.63) is 0 Å². The highest BCUT2D eigenvalue weighted by molar-refractivity contribution is 5.79. The van der Waals surface area contributed by atoms with Gasteiger partial charge in [0.25, 0.3) is 0 Å². The third-order valence-electron chi connectivity index (χ3n) is 4.22. The van der Waals surface area contributed by atoms with Gasteiger partial charge in [-0.15, -0.1) is 0 Å². The number of nitrogens with one attached hydrogen (secondary N) is 1. The minimum atomic E-state index is -0.837. The molecule has 0 spiro atoms. The van der Waals surface area contributed by atoms with Gasteiger partial charge in [-0.3, -0.25) is 9.69 Å². The number of β-amino-alcohol motifs (C(OH)–C–C–N with tert-alkyl or cyclic N) is 1. The largest absolute Gasteiger partial charge is 0.387 e. The lowest BCUT2D eigenvalue weighted by molar-refractivity contribution is -0.143. The normalized spacial score (nSPS) is 21.6. The predicted octanol–water partition coefficient (Wildman–Crippen LogP) is 0.744. The third kappa shape index (κ3) is 3.46. The minimum Gasteiger partial charge on any atom is -0.387 e. The Morgan fingerprint density at radius 3 is 2.37 bits per heavy atom. The van der Waals surface area contributed by atoms with Gasteiger partial charge in [0.1, 0.15) is 5.54 Å². The molecule has 1 heterocycles. The molecular weight excluding hydrogens is 242 g/mol. The molecule has 0 bridgehead atoms. The SMILES string of the molecule is CC(C)C1(O)CN(CC(=O)NC(C)(C#N)C(C)C)C1. The summed E-state index contributed by atoms with van der Waals surface area (Å²) in [5.41, 5.74) is -1.51. The second kappa shape index (κ2) is 5.48. The molecule has 0 radical (unpaired) electrons. The molecule has 2 N–H and O–H groups in total. The summed E-state index contributed by atoms with van der Waals surface area (Å²) in [4.78, 5) is 13.8. The van der Waals surface area contributed by atoms with Crippen molar-refractivity contribution in [3.8, 4) is 6.07 Å². The van der Waals surface area contributed by atoms with E-state index in [0.29, 0.717) is 13.1 Å². The maximum absolute atomic E-state index is 11.9. The van der Waals surface area contributed by atoms with Crippen molar-refractivity contribution in [1.82, 2.24) is 10.2 Å². The maximum atomic E-state index is 11.9. The first-order valence-electron chi connectivity index (χ1n) is 6.80. The molecule has 0 aromatic heterocycles. The van der Waals surface area contributed by atoms with Crippen LogP contribution in [-0.4, -0.2) is 46.7 Å². The summed E-state index contributed by atoms with van der Waals surface area (Å²) in [6.45, 7) is 10.8. The van der Waals surface area contributed by atoms with Crippen molar-refractivity contribution in [3.63, 3.8) is 0 Å². The quantitative estimate of drug-likeness (QED) is 0.770. The van der Waals surface area contributed by atoms with E-state index in [1.807, 2.05) is 32.6 Å². The average Bonchev–Trinajstić information content (AvgIpc) is 2.25. The lowest BCUT2D eigenvalue weighted by Crippen LogP contribution is -2.66. The van der Waals surface area contributed by atoms with Crippen LogP contribution in [0.5, 0.6) is 0 Å². The van der Waals surface area contributed by atoms with E-state index >= 15 is 0 Å². The molecule has 0 aliphatic carbocycles. The maximum Gasteiger partial charge on any atom is 0.235 e. The highest BCUT2D eigenvalue weighted by Gasteiger charge is 2.44. The second-order valence-corrected chi connectivity index (χ2v) is 6.42. The zero-order chi connectivity index (χ0) is 14.8. The summed E-state index contributed by atoms with van der Waals surface area (Å²) in [5.74, 6) is 0.0702. The molecule has 5 nitrogen and oxygen atoms in total. The smallest absolute Gasteiger partial charge is 0.235 e. The molecule has 1 atom stereocenters. The van der Waals surface area contributed by atoms with E-state index in [0.717, 1.165) is 0 Å². The van der Waals surface area contributed by atoms with Gasteiger partial charge in [-0.05, 0) is 18.8 Å². The molecule has 1 aliphatic rings. The molecule has 1 amide bonds. The van der Waals surface area contributed by atoms with E-state index < -0.39 is 11.1 Å². The summed E-state index contributed by atoms with van der Waals surface area (Å²) in [6.07, 6.45) is 0. The number of nitriles is 1. The van der Waals surface area contributed by atoms with E-state index in [2.05, 4.69) is 11.4 Å². The molecule has 1 rings (SSSR count). The average molecular weight is 267 g/mol. The Labute approximate surface area is 115 Å². The first-order valence-corrected chi connectivity index (χ1v) is 6.80. The van der Waals surface area contributed by atoms with Crippen molar-refractivity contribution in [2.45, 2.75) is 45.8 Å². The molecule has 0 aromatic rings. The molecule has 0 aromatic carbocycles. The van der Waals surface area contributed by atoms with Crippen LogP contribution in [0.3, 0.4) is 0 Å². The van der Waals surface area contributed by atoms with Gasteiger partial charge in [-0.1, -0.05) is 27.7 Å². The Morgan fingerprint density at radius 2 is 2.00 bits per heavy atom. The zero-order valence-corrected chi connectivity index (χ0v) is 12.5. The van der Waals surface area contributed by atoms with Gasteiger partial charge in [0.15, 0.2) is 0 Å². The summed E-state index contributed by atoms with van der Waals surface area (Å²) in [5, 5.41) is 22.0. The zero-order valence-electron chi connectivity index (χ0n) is 12.5. The van der Waals surface area contributed by atoms with Crippen molar-refractivity contribution in [1.29, 1.82) is 5.26 Å². The van der Waals surface area contributed by atoms with E-state index in [1.165, 1.54) is 0 Å². The Balaban J connectivity index is 2.45. The number of carbonyl (C=O) groups excluding carboxylic acids is 1. The number of hydrogen-bond acceptors (Lipinski definition) is 4. The van der Waals surface area contributed by atoms with Crippen molar-refractivity contribution in [2.75, 3.05) is 19.6 Å². The first kappa shape index (κ1) is 15.9. The monoisotopic (exact) mass is 267 g/mol. The third-order valence-corrected chi connectivity index (χ3v) is 4.22. The topological polar surface area (TPSA) is 76.4 Å². The number of rotatable bonds is 5. The molecule has 1 aliphatic heterocycles. The standard InChI is InChI=1S/C14H25N3O2/c1-10(2)13(5,7-15)16-12(18)6-17-8-14(19,9-17)11(3)4/h10-11,19H,6,8-9H2,1-5H3,(H,16,18). The predicted molar refractivity (Wildman–Crippen MR) is 73.2 cm³/mol. The van der Waals surface area contributed by atoms with E-state index in [1.54, 1.807) is 6.92 Å². The summed E-state index contributed by atoms with van der Waals surface area (Å²) in [6, 6.07) is 2.15. The number of aliphatic hydroxyl groups is 1. The van der Waals surface area contributed by atoms with E-state index in [-0.39, 0.29) is 24.3 Å². The van der Waals surface area contributed by atoms with Crippen LogP contribution in [0.1, 0.15) is 34.6 Å². The highest BCUT2D eigenvalue weighted by atomic mass is 16.3. The molecule has 5 heteroatoms. The number of likely N-dealkylation sites (tertiary alicyclic amines) is 1. The van der Waals surface area contributed by atoms with Crippen LogP contribution in [0, 0.1) is 23.2 Å². The van der Waals surface area contributed by atoms with Crippen molar-refractivity contribution in [2.24, 2.45) is 11.8 Å². The van der Waals surface area contributed by atoms with Crippen LogP contribution in [0.15, 0.2) is 0 Å². The van der Waals surface area contributed by atoms with Crippen LogP contribution in [-0.2, 0) is 4.79 Å². The lowest BCUT2D eigenvalue weighted by Gasteiger charge is -2.49. The highest BCUT2D eigenvalue weighted by Crippen LogP contribution is 2.28. The fourth-order valence-corrected chi connectivity index (χ4v) is 2.04.